The molecule has 0 rings (SSSR count). The number of rotatable bonds is 6. The third-order valence-electron chi connectivity index (χ3n) is 1.47. The van der Waals surface area contributed by atoms with Crippen molar-refractivity contribution in [3.05, 3.63) is 0 Å². The molecule has 116 valence electrons. The van der Waals surface area contributed by atoms with E-state index in [-0.39, 0.29) is 0 Å². The number of hydrogen-bond donors (Lipinski definition) is 4. The van der Waals surface area contributed by atoms with Gasteiger partial charge >= 0.3 is 0 Å². The molecule has 0 aromatic carbocycles. The van der Waals surface area contributed by atoms with Gasteiger partial charge in [0.2, 0.25) is 0 Å². The van der Waals surface area contributed by atoms with Gasteiger partial charge < -0.3 is 20.4 Å². The van der Waals surface area contributed by atoms with E-state index in [1.54, 1.807) is 0 Å². The fraction of sp³-hybridized carbons (Fsp3) is 1.00. The van der Waals surface area contributed by atoms with Crippen molar-refractivity contribution in [1.29, 1.82) is 0 Å². The highest BCUT2D eigenvalue weighted by Crippen LogP contribution is 1.79. The highest BCUT2D eigenvalue weighted by molar-refractivity contribution is 4.23. The van der Waals surface area contributed by atoms with E-state index < -0.39 is 0 Å². The summed E-state index contributed by atoms with van der Waals surface area (Å²) in [5.74, 6) is 0. The molecule has 0 fully saturated rings. The second-order valence-electron chi connectivity index (χ2n) is 3.60. The topological polar surface area (TPSA) is 80.9 Å². The summed E-state index contributed by atoms with van der Waals surface area (Å²) in [6, 6.07) is 0. The van der Waals surface area contributed by atoms with Gasteiger partial charge in [-0.3, -0.25) is 0 Å². The van der Waals surface area contributed by atoms with E-state index in [1.807, 2.05) is 13.8 Å². The average molecular weight is 268 g/mol. The Morgan fingerprint density at radius 3 is 0.667 bits per heavy atom. The van der Waals surface area contributed by atoms with Gasteiger partial charge in [-0.1, -0.05) is 40.5 Å². The summed E-state index contributed by atoms with van der Waals surface area (Å²) in [5.41, 5.74) is 0. The van der Waals surface area contributed by atoms with Crippen LogP contribution in [0.15, 0.2) is 0 Å². The molecule has 4 N–H and O–H groups in total. The van der Waals surface area contributed by atoms with Crippen molar-refractivity contribution >= 4 is 0 Å². The Morgan fingerprint density at radius 2 is 0.667 bits per heavy atom. The van der Waals surface area contributed by atoms with Gasteiger partial charge in [-0.05, 0) is 25.7 Å². The minimum absolute atomic E-state index is 0.319. The standard InChI is InChI=1S/2C4H10O.2C3H8O/c2*1-2-3-4-5;2*1-2-3-4/h2*5H,2-4H2,1H3;2*4H,2-3H2,1H3. The highest BCUT2D eigenvalue weighted by Gasteiger charge is 1.69. The summed E-state index contributed by atoms with van der Waals surface area (Å²) < 4.78 is 0. The lowest BCUT2D eigenvalue weighted by Gasteiger charge is -1.79. The van der Waals surface area contributed by atoms with Gasteiger partial charge in [0, 0.05) is 26.4 Å². The Kier molecular flexibility index (Phi) is 64.0. The maximum Gasteiger partial charge on any atom is 0.0430 e. The first-order valence-electron chi connectivity index (χ1n) is 7.09. The molecule has 0 unspecified atom stereocenters. The van der Waals surface area contributed by atoms with E-state index in [0.29, 0.717) is 26.4 Å². The van der Waals surface area contributed by atoms with Crippen molar-refractivity contribution in [3.63, 3.8) is 0 Å². The van der Waals surface area contributed by atoms with Gasteiger partial charge in [0.1, 0.15) is 0 Å². The van der Waals surface area contributed by atoms with Crippen LogP contribution in [0.2, 0.25) is 0 Å². The molecule has 0 saturated heterocycles. The second-order valence-corrected chi connectivity index (χ2v) is 3.60. The predicted octanol–water partition coefficient (Wildman–Crippen LogP) is 2.34. The molecule has 4 heteroatoms. The summed E-state index contributed by atoms with van der Waals surface area (Å²) in [4.78, 5) is 0. The molecule has 0 aliphatic carbocycles. The van der Waals surface area contributed by atoms with Crippen molar-refractivity contribution in [2.45, 2.75) is 66.2 Å². The quantitative estimate of drug-likeness (QED) is 0.596. The number of aliphatic hydroxyl groups excluding tert-OH is 4. The summed E-state index contributed by atoms with van der Waals surface area (Å²) in [6.45, 7) is 9.29. The van der Waals surface area contributed by atoms with Crippen LogP contribution in [0.1, 0.15) is 66.2 Å². The van der Waals surface area contributed by atoms with Crippen LogP contribution in [0, 0.1) is 0 Å². The summed E-state index contributed by atoms with van der Waals surface area (Å²) in [6.07, 6.45) is 5.83. The smallest absolute Gasteiger partial charge is 0.0430 e. The van der Waals surface area contributed by atoms with Crippen molar-refractivity contribution < 1.29 is 20.4 Å². The predicted molar refractivity (Wildman–Crippen MR) is 78.7 cm³/mol. The first kappa shape index (κ1) is 26.4. The second kappa shape index (κ2) is 43.6. The fourth-order valence-electron chi connectivity index (χ4n) is 0.316. The van der Waals surface area contributed by atoms with Crippen molar-refractivity contribution in [3.8, 4) is 0 Å². The molecule has 0 amide bonds. The van der Waals surface area contributed by atoms with E-state index in [9.17, 15) is 0 Å². The Hall–Kier alpha value is -0.160. The Bertz CT molecular complexity index is 62.2. The minimum Gasteiger partial charge on any atom is -0.396 e. The van der Waals surface area contributed by atoms with Crippen LogP contribution in [0.25, 0.3) is 0 Å². The Morgan fingerprint density at radius 1 is 0.444 bits per heavy atom. The SMILES string of the molecule is CCCCO.CCCCO.CCCO.CCCO. The van der Waals surface area contributed by atoms with E-state index in [2.05, 4.69) is 13.8 Å². The summed E-state index contributed by atoms with van der Waals surface area (Å²) in [7, 11) is 0. The molecule has 0 bridgehead atoms. The van der Waals surface area contributed by atoms with Crippen molar-refractivity contribution in [1.82, 2.24) is 0 Å². The van der Waals surface area contributed by atoms with Crippen molar-refractivity contribution in [2.75, 3.05) is 26.4 Å². The zero-order valence-corrected chi connectivity index (χ0v) is 12.9. The molecular formula is C14H36O4. The lowest BCUT2D eigenvalue weighted by atomic mass is 10.4. The average Bonchev–Trinajstić information content (AvgIpc) is 2.42. The molecule has 0 spiro atoms. The lowest BCUT2D eigenvalue weighted by molar-refractivity contribution is 0.286. The largest absolute Gasteiger partial charge is 0.396 e. The van der Waals surface area contributed by atoms with Gasteiger partial charge in [-0.15, -0.1) is 0 Å². The monoisotopic (exact) mass is 268 g/mol. The van der Waals surface area contributed by atoms with E-state index in [0.717, 1.165) is 38.5 Å². The minimum atomic E-state index is 0.319. The normalized spacial score (nSPS) is 8.00. The fourth-order valence-corrected chi connectivity index (χ4v) is 0.316. The molecule has 0 radical (unpaired) electrons. The van der Waals surface area contributed by atoms with Crippen LogP contribution in [0.4, 0.5) is 0 Å². The van der Waals surface area contributed by atoms with Crippen LogP contribution in [-0.4, -0.2) is 46.9 Å². The van der Waals surface area contributed by atoms with Gasteiger partial charge in [-0.2, -0.15) is 0 Å². The first-order valence-corrected chi connectivity index (χ1v) is 7.09. The zero-order valence-electron chi connectivity index (χ0n) is 12.9. The third kappa shape index (κ3) is 102. The van der Waals surface area contributed by atoms with Gasteiger partial charge in [-0.25, -0.2) is 0 Å². The van der Waals surface area contributed by atoms with Crippen LogP contribution >= 0.6 is 0 Å². The Labute approximate surface area is 114 Å². The maximum absolute atomic E-state index is 8.07. The molecule has 4 nitrogen and oxygen atoms in total. The van der Waals surface area contributed by atoms with E-state index in [4.69, 9.17) is 20.4 Å². The van der Waals surface area contributed by atoms with Crippen LogP contribution in [-0.2, 0) is 0 Å². The zero-order chi connectivity index (χ0) is 15.1. The summed E-state index contributed by atoms with van der Waals surface area (Å²) >= 11 is 0. The van der Waals surface area contributed by atoms with E-state index in [1.165, 1.54) is 0 Å². The number of aliphatic hydroxyl groups is 4. The molecule has 0 aliphatic heterocycles. The van der Waals surface area contributed by atoms with Crippen LogP contribution < -0.4 is 0 Å². The highest BCUT2D eigenvalue weighted by atomic mass is 16.3. The van der Waals surface area contributed by atoms with Gasteiger partial charge in [0.15, 0.2) is 0 Å². The third-order valence-corrected chi connectivity index (χ3v) is 1.47. The molecule has 0 aromatic heterocycles. The molecule has 0 heterocycles. The summed E-state index contributed by atoms with van der Waals surface area (Å²) in [5, 5.41) is 31.9. The van der Waals surface area contributed by atoms with Crippen LogP contribution in [0.3, 0.4) is 0 Å². The molecule has 0 aromatic rings. The molecule has 18 heavy (non-hydrogen) atoms. The van der Waals surface area contributed by atoms with E-state index >= 15 is 0 Å². The lowest BCUT2D eigenvalue weighted by Crippen LogP contribution is -1.75. The van der Waals surface area contributed by atoms with Gasteiger partial charge in [0.05, 0.1) is 0 Å². The molecular weight excluding hydrogens is 232 g/mol. The Balaban J connectivity index is -0.0000000731. The number of unbranched alkanes of at least 4 members (excludes halogenated alkanes) is 2. The maximum atomic E-state index is 8.07. The molecule has 0 aliphatic rings. The van der Waals surface area contributed by atoms with Gasteiger partial charge in [0.25, 0.3) is 0 Å². The molecule has 0 saturated carbocycles. The number of hydrogen-bond acceptors (Lipinski definition) is 4. The first-order chi connectivity index (χ1) is 8.66. The van der Waals surface area contributed by atoms with Crippen LogP contribution in [0.5, 0.6) is 0 Å². The van der Waals surface area contributed by atoms with Crippen molar-refractivity contribution in [2.24, 2.45) is 0 Å². The molecule has 0 atom stereocenters.